The van der Waals surface area contributed by atoms with Crippen LogP contribution in [0.4, 0.5) is 10.1 Å². The molecule has 0 bridgehead atoms. The van der Waals surface area contributed by atoms with E-state index in [9.17, 15) is 9.18 Å². The molecule has 5 nitrogen and oxygen atoms in total. The maximum atomic E-state index is 13.2. The highest BCUT2D eigenvalue weighted by atomic mass is 35.5. The Morgan fingerprint density at radius 1 is 1.27 bits per heavy atom. The van der Waals surface area contributed by atoms with Crippen LogP contribution in [-0.2, 0) is 4.79 Å². The van der Waals surface area contributed by atoms with Gasteiger partial charge in [0.2, 0.25) is 5.91 Å². The topological polar surface area (TPSA) is 59.2 Å². The molecule has 0 radical (unpaired) electrons. The highest BCUT2D eigenvalue weighted by Crippen LogP contribution is 2.35. The zero-order valence-corrected chi connectivity index (χ0v) is 14.7. The van der Waals surface area contributed by atoms with Gasteiger partial charge in [-0.3, -0.25) is 4.79 Å². The number of hydrogen-bond acceptors (Lipinski definition) is 4. The van der Waals surface area contributed by atoms with Gasteiger partial charge in [-0.1, -0.05) is 34.5 Å². The Labute approximate surface area is 154 Å². The Kier molecular flexibility index (Phi) is 4.20. The number of rotatable bonds is 3. The molecule has 4 rings (SSSR count). The number of hydrogen-bond donors (Lipinski definition) is 0. The van der Waals surface area contributed by atoms with E-state index in [1.807, 2.05) is 31.2 Å². The normalized spacial score (nSPS) is 17.1. The molecule has 1 aliphatic heterocycles. The van der Waals surface area contributed by atoms with Gasteiger partial charge in [-0.2, -0.15) is 4.98 Å². The van der Waals surface area contributed by atoms with Crippen LogP contribution in [0.15, 0.2) is 47.0 Å². The van der Waals surface area contributed by atoms with Crippen molar-refractivity contribution in [3.8, 4) is 11.5 Å². The molecule has 1 amide bonds. The van der Waals surface area contributed by atoms with Crippen LogP contribution in [0.5, 0.6) is 0 Å². The summed E-state index contributed by atoms with van der Waals surface area (Å²) in [6, 6.07) is 11.8. The summed E-state index contributed by atoms with van der Waals surface area (Å²) in [5.74, 6) is 0.157. The number of anilines is 1. The minimum absolute atomic E-state index is 0.106. The first-order valence-corrected chi connectivity index (χ1v) is 8.55. The number of aryl methyl sites for hydroxylation is 1. The summed E-state index contributed by atoms with van der Waals surface area (Å²) in [5.41, 5.74) is 2.42. The largest absolute Gasteiger partial charge is 0.334 e. The number of carbonyl (C=O) groups excluding carboxylic acids is 1. The second-order valence-corrected chi connectivity index (χ2v) is 6.74. The Morgan fingerprint density at radius 2 is 2.12 bits per heavy atom. The smallest absolute Gasteiger partial charge is 0.257 e. The van der Waals surface area contributed by atoms with Gasteiger partial charge in [0.1, 0.15) is 5.82 Å². The van der Waals surface area contributed by atoms with E-state index in [0.29, 0.717) is 23.9 Å². The molecule has 7 heteroatoms. The second kappa shape index (κ2) is 6.53. The Morgan fingerprint density at radius 3 is 2.88 bits per heavy atom. The maximum Gasteiger partial charge on any atom is 0.257 e. The molecule has 1 aromatic heterocycles. The van der Waals surface area contributed by atoms with Gasteiger partial charge in [0.05, 0.1) is 10.7 Å². The van der Waals surface area contributed by atoms with Gasteiger partial charge < -0.3 is 9.42 Å². The summed E-state index contributed by atoms with van der Waals surface area (Å²) in [5, 5.41) is 4.25. The van der Waals surface area contributed by atoms with Crippen molar-refractivity contribution in [2.24, 2.45) is 0 Å². The first kappa shape index (κ1) is 16.7. The van der Waals surface area contributed by atoms with Gasteiger partial charge in [-0.25, -0.2) is 4.39 Å². The second-order valence-electron chi connectivity index (χ2n) is 6.33. The van der Waals surface area contributed by atoms with Gasteiger partial charge >= 0.3 is 0 Å². The fourth-order valence-electron chi connectivity index (χ4n) is 3.11. The first-order chi connectivity index (χ1) is 12.5. The number of benzene rings is 2. The molecule has 2 heterocycles. The third-order valence-electron chi connectivity index (χ3n) is 4.40. The van der Waals surface area contributed by atoms with Crippen LogP contribution in [0.25, 0.3) is 11.5 Å². The van der Waals surface area contributed by atoms with Crippen LogP contribution in [0, 0.1) is 12.7 Å². The Balaban J connectivity index is 1.58. The fourth-order valence-corrected chi connectivity index (χ4v) is 3.38. The molecule has 1 saturated heterocycles. The molecule has 0 saturated carbocycles. The van der Waals surface area contributed by atoms with Gasteiger partial charge in [-0.05, 0) is 37.3 Å². The van der Waals surface area contributed by atoms with Crippen molar-refractivity contribution < 1.29 is 13.7 Å². The molecule has 0 aliphatic carbocycles. The minimum atomic E-state index is -0.442. The van der Waals surface area contributed by atoms with Crippen LogP contribution in [-0.4, -0.2) is 22.6 Å². The summed E-state index contributed by atoms with van der Waals surface area (Å²) >= 11 is 6.08. The molecule has 1 atom stereocenters. The summed E-state index contributed by atoms with van der Waals surface area (Å²) in [7, 11) is 0. The van der Waals surface area contributed by atoms with Crippen molar-refractivity contribution in [1.82, 2.24) is 10.1 Å². The van der Waals surface area contributed by atoms with Gasteiger partial charge in [0.15, 0.2) is 5.82 Å². The maximum absolute atomic E-state index is 13.2. The van der Waals surface area contributed by atoms with E-state index in [-0.39, 0.29) is 23.3 Å². The summed E-state index contributed by atoms with van der Waals surface area (Å²) in [4.78, 5) is 18.4. The van der Waals surface area contributed by atoms with Crippen LogP contribution in [0.1, 0.15) is 23.7 Å². The highest BCUT2D eigenvalue weighted by Gasteiger charge is 2.35. The van der Waals surface area contributed by atoms with Crippen LogP contribution in [0.3, 0.4) is 0 Å². The van der Waals surface area contributed by atoms with E-state index >= 15 is 0 Å². The molecular formula is C19H15ClFN3O2. The van der Waals surface area contributed by atoms with Crippen LogP contribution < -0.4 is 4.90 Å². The van der Waals surface area contributed by atoms with E-state index in [0.717, 1.165) is 11.1 Å². The number of nitrogens with zero attached hydrogens (tertiary/aromatic N) is 3. The first-order valence-electron chi connectivity index (χ1n) is 8.17. The molecular weight excluding hydrogens is 357 g/mol. The van der Waals surface area contributed by atoms with Gasteiger partial charge in [-0.15, -0.1) is 0 Å². The summed E-state index contributed by atoms with van der Waals surface area (Å²) in [6.45, 7) is 2.36. The molecule has 0 spiro atoms. The van der Waals surface area contributed by atoms with Gasteiger partial charge in [0, 0.05) is 24.4 Å². The molecule has 3 aromatic rings. The minimum Gasteiger partial charge on any atom is -0.334 e. The zero-order chi connectivity index (χ0) is 18.3. The summed E-state index contributed by atoms with van der Waals surface area (Å²) < 4.78 is 18.6. The molecule has 26 heavy (non-hydrogen) atoms. The predicted molar refractivity (Wildman–Crippen MR) is 95.6 cm³/mol. The van der Waals surface area contributed by atoms with Crippen molar-refractivity contribution in [3.05, 3.63) is 64.7 Å². The lowest BCUT2D eigenvalue weighted by molar-refractivity contribution is -0.117. The number of aromatic nitrogens is 2. The van der Waals surface area contributed by atoms with Crippen molar-refractivity contribution in [2.45, 2.75) is 19.3 Å². The van der Waals surface area contributed by atoms with E-state index in [2.05, 4.69) is 10.1 Å². The lowest BCUT2D eigenvalue weighted by Gasteiger charge is -2.17. The fraction of sp³-hybridized carbons (Fsp3) is 0.211. The van der Waals surface area contributed by atoms with Crippen molar-refractivity contribution in [2.75, 3.05) is 11.4 Å². The number of amides is 1. The van der Waals surface area contributed by atoms with Crippen LogP contribution in [0.2, 0.25) is 5.02 Å². The van der Waals surface area contributed by atoms with Gasteiger partial charge in [0.25, 0.3) is 5.89 Å². The lowest BCUT2D eigenvalue weighted by Crippen LogP contribution is -2.24. The number of carbonyl (C=O) groups is 1. The lowest BCUT2D eigenvalue weighted by atomic mass is 10.1. The third kappa shape index (κ3) is 3.08. The third-order valence-corrected chi connectivity index (χ3v) is 4.70. The highest BCUT2D eigenvalue weighted by molar-refractivity contribution is 6.33. The van der Waals surface area contributed by atoms with Crippen molar-refractivity contribution in [1.29, 1.82) is 0 Å². The molecule has 2 aromatic carbocycles. The molecule has 0 N–H and O–H groups in total. The van der Waals surface area contributed by atoms with Crippen molar-refractivity contribution in [3.63, 3.8) is 0 Å². The van der Waals surface area contributed by atoms with E-state index in [1.54, 1.807) is 0 Å². The average Bonchev–Trinajstić information content (AvgIpc) is 3.22. The molecule has 132 valence electrons. The summed E-state index contributed by atoms with van der Waals surface area (Å²) in [6.07, 6.45) is 0.250. The molecule has 1 aliphatic rings. The number of halogens is 2. The Hall–Kier alpha value is -2.73. The predicted octanol–water partition coefficient (Wildman–Crippen LogP) is 4.36. The SMILES string of the molecule is Cc1cccc(-c2nc(C3CC(=O)N(c4ccc(F)cc4Cl)C3)no2)c1. The van der Waals surface area contributed by atoms with E-state index < -0.39 is 5.82 Å². The quantitative estimate of drug-likeness (QED) is 0.686. The zero-order valence-electron chi connectivity index (χ0n) is 13.9. The monoisotopic (exact) mass is 371 g/mol. The standard InChI is InChI=1S/C19H15ClFN3O2/c1-11-3-2-4-12(7-11)19-22-18(23-26-19)13-8-17(25)24(10-13)16-6-5-14(21)9-15(16)20/h2-7,9,13H,8,10H2,1H3. The van der Waals surface area contributed by atoms with E-state index in [1.165, 1.54) is 23.1 Å². The van der Waals surface area contributed by atoms with Crippen molar-refractivity contribution >= 4 is 23.2 Å². The Bertz CT molecular complexity index is 988. The molecule has 1 fully saturated rings. The average molecular weight is 372 g/mol. The van der Waals surface area contributed by atoms with Crippen LogP contribution >= 0.6 is 11.6 Å². The molecule has 1 unspecified atom stereocenters. The van der Waals surface area contributed by atoms with E-state index in [4.69, 9.17) is 16.1 Å².